The van der Waals surface area contributed by atoms with Crippen LogP contribution in [0.5, 0.6) is 0 Å². The summed E-state index contributed by atoms with van der Waals surface area (Å²) in [5, 5.41) is 2.71. The second-order valence-electron chi connectivity index (χ2n) is 6.31. The maximum Gasteiger partial charge on any atom is 0.241 e. The summed E-state index contributed by atoms with van der Waals surface area (Å²) in [4.78, 5) is 12.0. The highest BCUT2D eigenvalue weighted by molar-refractivity contribution is 7.89. The third-order valence-corrected chi connectivity index (χ3v) is 6.34. The van der Waals surface area contributed by atoms with Gasteiger partial charge < -0.3 is 11.1 Å². The summed E-state index contributed by atoms with van der Waals surface area (Å²) in [5.74, 6) is -0.222. The van der Waals surface area contributed by atoms with Crippen molar-refractivity contribution < 1.29 is 13.2 Å². The highest BCUT2D eigenvalue weighted by Crippen LogP contribution is 2.29. The van der Waals surface area contributed by atoms with Crippen LogP contribution in [0.3, 0.4) is 0 Å². The van der Waals surface area contributed by atoms with Crippen molar-refractivity contribution in [1.29, 1.82) is 0 Å². The normalized spacial score (nSPS) is 13.0. The van der Waals surface area contributed by atoms with E-state index in [1.807, 2.05) is 34.6 Å². The Balaban J connectivity index is 2.93. The molecule has 0 heterocycles. The second kappa shape index (κ2) is 8.09. The van der Waals surface area contributed by atoms with E-state index >= 15 is 0 Å². The third kappa shape index (κ3) is 4.55. The fourth-order valence-corrected chi connectivity index (χ4v) is 4.27. The Hall–Kier alpha value is -1.44. The molecule has 24 heavy (non-hydrogen) atoms. The number of sulfonamides is 1. The van der Waals surface area contributed by atoms with Gasteiger partial charge in [0.25, 0.3) is 0 Å². The van der Waals surface area contributed by atoms with Gasteiger partial charge >= 0.3 is 0 Å². The van der Waals surface area contributed by atoms with Crippen LogP contribution in [0.25, 0.3) is 0 Å². The standard InChI is InChI=1S/C17H29N3O3S/c1-10(9-18)20-16(21)7-8-19-24(22,23)17-14(5)12(3)11(2)13(4)15(17)6/h10,19H,7-9,18H2,1-6H3,(H,20,21)/t10-/m0/s1. The molecule has 0 saturated carbocycles. The largest absolute Gasteiger partial charge is 0.352 e. The Morgan fingerprint density at radius 1 is 1.00 bits per heavy atom. The molecule has 0 aromatic heterocycles. The molecule has 0 radical (unpaired) electrons. The van der Waals surface area contributed by atoms with Crippen molar-refractivity contribution >= 4 is 15.9 Å². The van der Waals surface area contributed by atoms with Crippen LogP contribution in [0.4, 0.5) is 0 Å². The topological polar surface area (TPSA) is 101 Å². The minimum Gasteiger partial charge on any atom is -0.352 e. The molecule has 1 amide bonds. The number of rotatable bonds is 7. The van der Waals surface area contributed by atoms with Crippen LogP contribution in [0, 0.1) is 34.6 Å². The predicted molar refractivity (Wildman–Crippen MR) is 96.6 cm³/mol. The van der Waals surface area contributed by atoms with E-state index in [9.17, 15) is 13.2 Å². The van der Waals surface area contributed by atoms with Gasteiger partial charge in [0, 0.05) is 25.6 Å². The minimum absolute atomic E-state index is 0.0519. The minimum atomic E-state index is -3.67. The number of hydrogen-bond donors (Lipinski definition) is 3. The van der Waals surface area contributed by atoms with E-state index in [4.69, 9.17) is 5.73 Å². The molecule has 0 bridgehead atoms. The molecule has 0 saturated heterocycles. The smallest absolute Gasteiger partial charge is 0.241 e. The lowest BCUT2D eigenvalue weighted by Gasteiger charge is -2.19. The summed E-state index contributed by atoms with van der Waals surface area (Å²) in [5.41, 5.74) is 10.0. The van der Waals surface area contributed by atoms with Gasteiger partial charge in [-0.15, -0.1) is 0 Å². The van der Waals surface area contributed by atoms with Gasteiger partial charge in [0.2, 0.25) is 15.9 Å². The molecular formula is C17H29N3O3S. The monoisotopic (exact) mass is 355 g/mol. The average Bonchev–Trinajstić information content (AvgIpc) is 2.50. The van der Waals surface area contributed by atoms with E-state index in [0.29, 0.717) is 11.4 Å². The molecule has 136 valence electrons. The molecule has 1 atom stereocenters. The summed E-state index contributed by atoms with van der Waals surface area (Å²) >= 11 is 0. The van der Waals surface area contributed by atoms with Crippen molar-refractivity contribution in [3.8, 4) is 0 Å². The lowest BCUT2D eigenvalue weighted by molar-refractivity contribution is -0.121. The van der Waals surface area contributed by atoms with Crippen LogP contribution >= 0.6 is 0 Å². The summed E-state index contributed by atoms with van der Waals surface area (Å²) in [7, 11) is -3.67. The zero-order valence-electron chi connectivity index (χ0n) is 15.4. The van der Waals surface area contributed by atoms with Crippen molar-refractivity contribution in [3.63, 3.8) is 0 Å². The zero-order chi connectivity index (χ0) is 18.7. The van der Waals surface area contributed by atoms with Crippen molar-refractivity contribution in [1.82, 2.24) is 10.0 Å². The van der Waals surface area contributed by atoms with Gasteiger partial charge in [0.05, 0.1) is 4.90 Å². The van der Waals surface area contributed by atoms with E-state index < -0.39 is 10.0 Å². The molecule has 0 spiro atoms. The maximum atomic E-state index is 12.7. The molecule has 1 aromatic carbocycles. The number of amides is 1. The quantitative estimate of drug-likeness (QED) is 0.687. The summed E-state index contributed by atoms with van der Waals surface area (Å²) in [6.07, 6.45) is 0.0749. The zero-order valence-corrected chi connectivity index (χ0v) is 16.2. The van der Waals surface area contributed by atoms with E-state index in [-0.39, 0.29) is 24.9 Å². The first-order chi connectivity index (χ1) is 11.0. The number of nitrogens with two attached hydrogens (primary N) is 1. The molecule has 1 aromatic rings. The lowest BCUT2D eigenvalue weighted by Crippen LogP contribution is -2.39. The molecule has 0 aliphatic carbocycles. The number of nitrogens with one attached hydrogen (secondary N) is 2. The predicted octanol–water partition coefficient (Wildman–Crippen LogP) is 1.36. The number of hydrogen-bond acceptors (Lipinski definition) is 4. The molecule has 0 aliphatic heterocycles. The lowest BCUT2D eigenvalue weighted by atomic mass is 9.95. The van der Waals surface area contributed by atoms with E-state index in [2.05, 4.69) is 10.0 Å². The van der Waals surface area contributed by atoms with Gasteiger partial charge in [-0.2, -0.15) is 0 Å². The summed E-state index contributed by atoms with van der Waals surface area (Å²) < 4.78 is 27.9. The fourth-order valence-electron chi connectivity index (χ4n) is 2.65. The van der Waals surface area contributed by atoms with Crippen LogP contribution in [0.15, 0.2) is 4.90 Å². The summed E-state index contributed by atoms with van der Waals surface area (Å²) in [6, 6.07) is -0.124. The van der Waals surface area contributed by atoms with Crippen LogP contribution in [0.1, 0.15) is 41.2 Å². The first kappa shape index (κ1) is 20.6. The SMILES string of the molecule is Cc1c(C)c(C)c(S(=O)(=O)NCCC(=O)N[C@@H](C)CN)c(C)c1C. The molecular weight excluding hydrogens is 326 g/mol. The Labute approximate surface area is 145 Å². The van der Waals surface area contributed by atoms with Crippen LogP contribution in [0.2, 0.25) is 0 Å². The van der Waals surface area contributed by atoms with E-state index in [1.165, 1.54) is 0 Å². The maximum absolute atomic E-state index is 12.7. The summed E-state index contributed by atoms with van der Waals surface area (Å²) in [6.45, 7) is 11.7. The van der Waals surface area contributed by atoms with Gasteiger partial charge in [-0.05, 0) is 69.4 Å². The van der Waals surface area contributed by atoms with Crippen LogP contribution in [-0.2, 0) is 14.8 Å². The molecule has 0 fully saturated rings. The number of carbonyl (C=O) groups is 1. The Morgan fingerprint density at radius 2 is 1.46 bits per heavy atom. The van der Waals surface area contributed by atoms with Gasteiger partial charge in [-0.25, -0.2) is 13.1 Å². The average molecular weight is 356 g/mol. The number of carbonyl (C=O) groups excluding carboxylic acids is 1. The number of benzene rings is 1. The second-order valence-corrected chi connectivity index (χ2v) is 8.01. The molecule has 4 N–H and O–H groups in total. The Morgan fingerprint density at radius 3 is 1.92 bits per heavy atom. The Kier molecular flexibility index (Phi) is 6.95. The fraction of sp³-hybridized carbons (Fsp3) is 0.588. The molecule has 6 nitrogen and oxygen atoms in total. The van der Waals surface area contributed by atoms with E-state index in [1.54, 1.807) is 6.92 Å². The van der Waals surface area contributed by atoms with Crippen LogP contribution in [-0.4, -0.2) is 33.5 Å². The van der Waals surface area contributed by atoms with Gasteiger partial charge in [0.1, 0.15) is 0 Å². The van der Waals surface area contributed by atoms with Crippen molar-refractivity contribution in [2.24, 2.45) is 5.73 Å². The van der Waals surface area contributed by atoms with Gasteiger partial charge in [-0.3, -0.25) is 4.79 Å². The molecule has 7 heteroatoms. The first-order valence-corrected chi connectivity index (χ1v) is 9.57. The first-order valence-electron chi connectivity index (χ1n) is 8.09. The highest BCUT2D eigenvalue weighted by Gasteiger charge is 2.23. The Bertz CT molecular complexity index is 698. The van der Waals surface area contributed by atoms with Crippen molar-refractivity contribution in [2.45, 2.75) is 58.9 Å². The van der Waals surface area contributed by atoms with Crippen LogP contribution < -0.4 is 15.8 Å². The van der Waals surface area contributed by atoms with Gasteiger partial charge in [0.15, 0.2) is 0 Å². The molecule has 1 rings (SSSR count). The third-order valence-electron chi connectivity index (χ3n) is 4.60. The highest BCUT2D eigenvalue weighted by atomic mass is 32.2. The van der Waals surface area contributed by atoms with Crippen molar-refractivity contribution in [2.75, 3.05) is 13.1 Å². The van der Waals surface area contributed by atoms with Gasteiger partial charge in [-0.1, -0.05) is 0 Å². The molecule has 0 unspecified atom stereocenters. The van der Waals surface area contributed by atoms with E-state index in [0.717, 1.165) is 27.8 Å². The van der Waals surface area contributed by atoms with Crippen molar-refractivity contribution in [3.05, 3.63) is 27.8 Å². The molecule has 0 aliphatic rings.